The maximum atomic E-state index is 11.2. The minimum absolute atomic E-state index is 0.259. The highest BCUT2D eigenvalue weighted by molar-refractivity contribution is 5.86. The van der Waals surface area contributed by atoms with Gasteiger partial charge < -0.3 is 4.74 Å². The lowest BCUT2D eigenvalue weighted by Gasteiger charge is -2.32. The average molecular weight is 212 g/mol. The summed E-state index contributed by atoms with van der Waals surface area (Å²) in [5, 5.41) is 0. The molecule has 0 aromatic heterocycles. The molecule has 0 amide bonds. The Hall–Kier alpha value is -0.790. The van der Waals surface area contributed by atoms with Gasteiger partial charge in [-0.25, -0.2) is 4.79 Å². The van der Waals surface area contributed by atoms with Crippen molar-refractivity contribution >= 4 is 5.97 Å². The van der Waals surface area contributed by atoms with E-state index in [0.29, 0.717) is 18.1 Å². The monoisotopic (exact) mass is 212 g/mol. The van der Waals surface area contributed by atoms with E-state index in [0.717, 1.165) is 12.8 Å². The molecule has 0 aliphatic carbocycles. The number of esters is 1. The van der Waals surface area contributed by atoms with Crippen LogP contribution in [0.3, 0.4) is 0 Å². The first-order valence-electron chi connectivity index (χ1n) is 5.66. The molecule has 0 aromatic rings. The van der Waals surface area contributed by atoms with Gasteiger partial charge in [-0.1, -0.05) is 40.7 Å². The third-order valence-corrected chi connectivity index (χ3v) is 3.46. The summed E-state index contributed by atoms with van der Waals surface area (Å²) in [6, 6.07) is 0. The molecule has 2 heteroatoms. The SMILES string of the molecule is C=C(C)C(=O)OCCC(C)(CC)C(C)C. The van der Waals surface area contributed by atoms with E-state index >= 15 is 0 Å². The summed E-state index contributed by atoms with van der Waals surface area (Å²) in [5.74, 6) is 0.322. The smallest absolute Gasteiger partial charge is 0.333 e. The summed E-state index contributed by atoms with van der Waals surface area (Å²) < 4.78 is 5.11. The number of hydrogen-bond donors (Lipinski definition) is 0. The maximum absolute atomic E-state index is 11.2. The summed E-state index contributed by atoms with van der Waals surface area (Å²) in [5.41, 5.74) is 0.729. The van der Waals surface area contributed by atoms with Crippen LogP contribution in [0.15, 0.2) is 12.2 Å². The zero-order valence-electron chi connectivity index (χ0n) is 10.7. The molecule has 2 nitrogen and oxygen atoms in total. The normalized spacial score (nSPS) is 14.8. The lowest BCUT2D eigenvalue weighted by molar-refractivity contribution is -0.139. The topological polar surface area (TPSA) is 26.3 Å². The second-order valence-electron chi connectivity index (χ2n) is 4.83. The highest BCUT2D eigenvalue weighted by Gasteiger charge is 2.26. The van der Waals surface area contributed by atoms with Crippen molar-refractivity contribution in [2.24, 2.45) is 11.3 Å². The van der Waals surface area contributed by atoms with Gasteiger partial charge in [0.05, 0.1) is 6.61 Å². The van der Waals surface area contributed by atoms with Crippen molar-refractivity contribution in [2.45, 2.75) is 47.5 Å². The van der Waals surface area contributed by atoms with Crippen molar-refractivity contribution in [3.63, 3.8) is 0 Å². The van der Waals surface area contributed by atoms with Gasteiger partial charge in [0.2, 0.25) is 0 Å². The number of rotatable bonds is 6. The van der Waals surface area contributed by atoms with Crippen molar-refractivity contribution in [2.75, 3.05) is 6.61 Å². The van der Waals surface area contributed by atoms with Crippen LogP contribution < -0.4 is 0 Å². The molecule has 0 radical (unpaired) electrons. The van der Waals surface area contributed by atoms with Crippen LogP contribution in [0.4, 0.5) is 0 Å². The van der Waals surface area contributed by atoms with Crippen LogP contribution in [0.5, 0.6) is 0 Å². The number of ether oxygens (including phenoxy) is 1. The number of carbonyl (C=O) groups excluding carboxylic acids is 1. The van der Waals surface area contributed by atoms with Gasteiger partial charge in [-0.15, -0.1) is 0 Å². The average Bonchev–Trinajstić information content (AvgIpc) is 2.16. The van der Waals surface area contributed by atoms with Crippen molar-refractivity contribution < 1.29 is 9.53 Å². The molecule has 0 N–H and O–H groups in total. The van der Waals surface area contributed by atoms with Gasteiger partial charge in [0.25, 0.3) is 0 Å². The Labute approximate surface area is 93.7 Å². The molecule has 0 heterocycles. The van der Waals surface area contributed by atoms with E-state index in [-0.39, 0.29) is 11.4 Å². The van der Waals surface area contributed by atoms with Gasteiger partial charge in [0.15, 0.2) is 0 Å². The molecule has 1 atom stereocenters. The van der Waals surface area contributed by atoms with E-state index in [1.807, 2.05) is 0 Å². The second-order valence-corrected chi connectivity index (χ2v) is 4.83. The Kier molecular flexibility index (Phi) is 5.63. The van der Waals surface area contributed by atoms with Gasteiger partial charge in [-0.05, 0) is 24.7 Å². The molecule has 0 aromatic carbocycles. The summed E-state index contributed by atoms with van der Waals surface area (Å²) >= 11 is 0. The summed E-state index contributed by atoms with van der Waals surface area (Å²) in [6.45, 7) is 14.6. The summed E-state index contributed by atoms with van der Waals surface area (Å²) in [4.78, 5) is 11.2. The van der Waals surface area contributed by atoms with Gasteiger partial charge in [-0.2, -0.15) is 0 Å². The molecule has 0 rings (SSSR count). The molecule has 0 fully saturated rings. The first-order chi connectivity index (χ1) is 6.83. The molecule has 0 aliphatic rings. The van der Waals surface area contributed by atoms with Crippen LogP contribution in [0.25, 0.3) is 0 Å². The van der Waals surface area contributed by atoms with Gasteiger partial charge in [0, 0.05) is 5.57 Å². The Balaban J connectivity index is 4.03. The number of hydrogen-bond acceptors (Lipinski definition) is 2. The van der Waals surface area contributed by atoms with Gasteiger partial charge in [0.1, 0.15) is 0 Å². The van der Waals surface area contributed by atoms with Crippen LogP contribution in [0.1, 0.15) is 47.5 Å². The first-order valence-corrected chi connectivity index (χ1v) is 5.66. The van der Waals surface area contributed by atoms with E-state index in [9.17, 15) is 4.79 Å². The van der Waals surface area contributed by atoms with Crippen LogP contribution in [-0.4, -0.2) is 12.6 Å². The highest BCUT2D eigenvalue weighted by atomic mass is 16.5. The zero-order valence-corrected chi connectivity index (χ0v) is 10.7. The van der Waals surface area contributed by atoms with Crippen molar-refractivity contribution in [1.82, 2.24) is 0 Å². The molecule has 0 aliphatic heterocycles. The first kappa shape index (κ1) is 14.2. The molecule has 1 unspecified atom stereocenters. The summed E-state index contributed by atoms with van der Waals surface area (Å²) in [7, 11) is 0. The van der Waals surface area contributed by atoms with Crippen molar-refractivity contribution in [1.29, 1.82) is 0 Å². The quantitative estimate of drug-likeness (QED) is 0.497. The van der Waals surface area contributed by atoms with Crippen LogP contribution in [0.2, 0.25) is 0 Å². The Morgan fingerprint density at radius 3 is 2.33 bits per heavy atom. The molecule has 88 valence electrons. The third kappa shape index (κ3) is 4.50. The molecule has 0 bridgehead atoms. The minimum atomic E-state index is -0.280. The number of carbonyl (C=O) groups is 1. The van der Waals surface area contributed by atoms with Crippen LogP contribution in [0, 0.1) is 11.3 Å². The van der Waals surface area contributed by atoms with E-state index in [2.05, 4.69) is 34.3 Å². The fraction of sp³-hybridized carbons (Fsp3) is 0.769. The Morgan fingerprint density at radius 2 is 2.00 bits per heavy atom. The van der Waals surface area contributed by atoms with Gasteiger partial charge >= 0.3 is 5.97 Å². The van der Waals surface area contributed by atoms with E-state index in [4.69, 9.17) is 4.74 Å². The lowest BCUT2D eigenvalue weighted by Crippen LogP contribution is -2.25. The van der Waals surface area contributed by atoms with E-state index in [1.54, 1.807) is 6.92 Å². The fourth-order valence-corrected chi connectivity index (χ4v) is 1.37. The molecular weight excluding hydrogens is 188 g/mol. The minimum Gasteiger partial charge on any atom is -0.462 e. The Bertz CT molecular complexity index is 231. The molecule has 15 heavy (non-hydrogen) atoms. The van der Waals surface area contributed by atoms with E-state index < -0.39 is 0 Å². The predicted molar refractivity (Wildman–Crippen MR) is 63.6 cm³/mol. The van der Waals surface area contributed by atoms with Crippen molar-refractivity contribution in [3.05, 3.63) is 12.2 Å². The maximum Gasteiger partial charge on any atom is 0.333 e. The molecular formula is C13H24O2. The second kappa shape index (κ2) is 5.94. The zero-order chi connectivity index (χ0) is 12.1. The van der Waals surface area contributed by atoms with E-state index in [1.165, 1.54) is 0 Å². The predicted octanol–water partition coefficient (Wildman–Crippen LogP) is 3.57. The molecule has 0 saturated heterocycles. The van der Waals surface area contributed by atoms with Gasteiger partial charge in [-0.3, -0.25) is 0 Å². The van der Waals surface area contributed by atoms with Crippen LogP contribution in [-0.2, 0) is 9.53 Å². The largest absolute Gasteiger partial charge is 0.462 e. The van der Waals surface area contributed by atoms with Crippen LogP contribution >= 0.6 is 0 Å². The Morgan fingerprint density at radius 1 is 1.47 bits per heavy atom. The lowest BCUT2D eigenvalue weighted by atomic mass is 9.74. The highest BCUT2D eigenvalue weighted by Crippen LogP contribution is 2.34. The fourth-order valence-electron chi connectivity index (χ4n) is 1.37. The standard InChI is InChI=1S/C13H24O2/c1-7-13(6,11(4)5)8-9-15-12(14)10(2)3/h11H,2,7-9H2,1,3-6H3. The van der Waals surface area contributed by atoms with Crippen molar-refractivity contribution in [3.8, 4) is 0 Å². The molecule has 0 spiro atoms. The third-order valence-electron chi connectivity index (χ3n) is 3.46. The summed E-state index contributed by atoms with van der Waals surface area (Å²) in [6.07, 6.45) is 2.02. The molecule has 0 saturated carbocycles.